The lowest BCUT2D eigenvalue weighted by molar-refractivity contribution is -0.137. The summed E-state index contributed by atoms with van der Waals surface area (Å²) in [6, 6.07) is 23.8. The number of benzene rings is 3. The number of rotatable bonds is 4. The third-order valence-electron chi connectivity index (χ3n) is 4.74. The van der Waals surface area contributed by atoms with Gasteiger partial charge in [-0.05, 0) is 24.3 Å². The van der Waals surface area contributed by atoms with Gasteiger partial charge in [-0.3, -0.25) is 4.79 Å². The van der Waals surface area contributed by atoms with E-state index in [-0.39, 0.29) is 5.91 Å². The molecule has 0 aliphatic carbocycles. The molecule has 126 valence electrons. The van der Waals surface area contributed by atoms with Crippen molar-refractivity contribution in [2.75, 3.05) is 13.1 Å². The van der Waals surface area contributed by atoms with Crippen LogP contribution in [0.25, 0.3) is 10.8 Å². The maximum atomic E-state index is 13.1. The van der Waals surface area contributed by atoms with Gasteiger partial charge in [0.25, 0.3) is 5.91 Å². The van der Waals surface area contributed by atoms with Crippen molar-refractivity contribution in [3.05, 3.63) is 78.4 Å². The summed E-state index contributed by atoms with van der Waals surface area (Å²) >= 11 is 0. The lowest BCUT2D eigenvalue weighted by atomic mass is 10.1. The lowest BCUT2D eigenvalue weighted by Gasteiger charge is -2.25. The van der Waals surface area contributed by atoms with E-state index in [1.165, 1.54) is 0 Å². The Morgan fingerprint density at radius 3 is 2.32 bits per heavy atom. The first kappa shape index (κ1) is 15.7. The zero-order valence-electron chi connectivity index (χ0n) is 14.1. The fourth-order valence-electron chi connectivity index (χ4n) is 3.42. The van der Waals surface area contributed by atoms with Crippen molar-refractivity contribution in [1.82, 2.24) is 4.90 Å². The van der Waals surface area contributed by atoms with E-state index >= 15 is 0 Å². The maximum absolute atomic E-state index is 13.1. The number of nitrogens with zero attached hydrogens (tertiary/aromatic N) is 1. The number of ether oxygens (including phenoxy) is 1. The zero-order valence-corrected chi connectivity index (χ0v) is 14.1. The van der Waals surface area contributed by atoms with Gasteiger partial charge in [-0.15, -0.1) is 0 Å². The van der Waals surface area contributed by atoms with Crippen molar-refractivity contribution in [3.63, 3.8) is 0 Å². The molecule has 25 heavy (non-hydrogen) atoms. The standard InChI is InChI=1S/C22H21NO2/c24-22(23-15-6-7-16-23)21(18-10-2-1-3-11-18)25-20-14-8-12-17-9-4-5-13-19(17)20/h1-5,8-14,21H,6-7,15-16H2. The van der Waals surface area contributed by atoms with E-state index in [4.69, 9.17) is 4.74 Å². The van der Waals surface area contributed by atoms with E-state index in [1.807, 2.05) is 65.6 Å². The number of likely N-dealkylation sites (tertiary alicyclic amines) is 1. The predicted molar refractivity (Wildman–Crippen MR) is 99.6 cm³/mol. The van der Waals surface area contributed by atoms with Crippen molar-refractivity contribution >= 4 is 16.7 Å². The van der Waals surface area contributed by atoms with Crippen LogP contribution in [0.4, 0.5) is 0 Å². The second-order valence-electron chi connectivity index (χ2n) is 6.42. The average Bonchev–Trinajstić information content (AvgIpc) is 3.21. The molecule has 3 aromatic rings. The number of carbonyl (C=O) groups is 1. The van der Waals surface area contributed by atoms with Crippen LogP contribution in [0.15, 0.2) is 72.8 Å². The van der Waals surface area contributed by atoms with E-state index in [9.17, 15) is 4.79 Å². The molecule has 3 nitrogen and oxygen atoms in total. The van der Waals surface area contributed by atoms with E-state index in [0.29, 0.717) is 0 Å². The van der Waals surface area contributed by atoms with Crippen molar-refractivity contribution in [2.24, 2.45) is 0 Å². The minimum atomic E-state index is -0.606. The highest BCUT2D eigenvalue weighted by Gasteiger charge is 2.29. The largest absolute Gasteiger partial charge is 0.475 e. The van der Waals surface area contributed by atoms with Crippen molar-refractivity contribution in [3.8, 4) is 5.75 Å². The molecule has 0 saturated carbocycles. The summed E-state index contributed by atoms with van der Waals surface area (Å²) in [6.45, 7) is 1.64. The van der Waals surface area contributed by atoms with E-state index in [1.54, 1.807) is 0 Å². The molecular weight excluding hydrogens is 310 g/mol. The van der Waals surface area contributed by atoms with E-state index in [0.717, 1.165) is 48.0 Å². The van der Waals surface area contributed by atoms with Crippen LogP contribution >= 0.6 is 0 Å². The molecule has 1 amide bonds. The molecule has 0 bridgehead atoms. The van der Waals surface area contributed by atoms with Crippen LogP contribution in [0.1, 0.15) is 24.5 Å². The van der Waals surface area contributed by atoms with Gasteiger partial charge < -0.3 is 9.64 Å². The quantitative estimate of drug-likeness (QED) is 0.700. The van der Waals surface area contributed by atoms with Crippen LogP contribution in [0, 0.1) is 0 Å². The van der Waals surface area contributed by atoms with Crippen LogP contribution in [-0.2, 0) is 4.79 Å². The van der Waals surface area contributed by atoms with Crippen LogP contribution in [0.5, 0.6) is 5.75 Å². The summed E-state index contributed by atoms with van der Waals surface area (Å²) in [5.74, 6) is 0.802. The Balaban J connectivity index is 1.71. The lowest BCUT2D eigenvalue weighted by Crippen LogP contribution is -2.35. The number of carbonyl (C=O) groups excluding carboxylic acids is 1. The predicted octanol–water partition coefficient (Wildman–Crippen LogP) is 4.58. The summed E-state index contributed by atoms with van der Waals surface area (Å²) in [4.78, 5) is 15.0. The van der Waals surface area contributed by atoms with Gasteiger partial charge in [0, 0.05) is 24.0 Å². The second-order valence-corrected chi connectivity index (χ2v) is 6.42. The molecule has 0 spiro atoms. The first-order valence-electron chi connectivity index (χ1n) is 8.81. The summed E-state index contributed by atoms with van der Waals surface area (Å²) < 4.78 is 6.30. The molecule has 0 aromatic heterocycles. The SMILES string of the molecule is O=C(C(Oc1cccc2ccccc12)c1ccccc1)N1CCCC1. The van der Waals surface area contributed by atoms with Crippen molar-refractivity contribution < 1.29 is 9.53 Å². The normalized spacial score (nSPS) is 15.3. The molecule has 1 fully saturated rings. The van der Waals surface area contributed by atoms with Crippen LogP contribution in [0.3, 0.4) is 0 Å². The van der Waals surface area contributed by atoms with Crippen molar-refractivity contribution in [1.29, 1.82) is 0 Å². The highest BCUT2D eigenvalue weighted by Crippen LogP contribution is 2.31. The van der Waals surface area contributed by atoms with Crippen LogP contribution in [-0.4, -0.2) is 23.9 Å². The first-order valence-corrected chi connectivity index (χ1v) is 8.81. The number of hydrogen-bond acceptors (Lipinski definition) is 2. The topological polar surface area (TPSA) is 29.5 Å². The smallest absolute Gasteiger partial charge is 0.268 e. The van der Waals surface area contributed by atoms with Gasteiger partial charge in [-0.25, -0.2) is 0 Å². The zero-order chi connectivity index (χ0) is 17.1. The van der Waals surface area contributed by atoms with Crippen LogP contribution < -0.4 is 4.74 Å². The average molecular weight is 331 g/mol. The second kappa shape index (κ2) is 6.98. The van der Waals surface area contributed by atoms with Gasteiger partial charge in [-0.2, -0.15) is 0 Å². The Morgan fingerprint density at radius 1 is 0.840 bits per heavy atom. The monoisotopic (exact) mass is 331 g/mol. The molecule has 1 saturated heterocycles. The summed E-state index contributed by atoms with van der Waals surface area (Å²) in [6.07, 6.45) is 1.54. The van der Waals surface area contributed by atoms with Gasteiger partial charge in [0.2, 0.25) is 6.10 Å². The summed E-state index contributed by atoms with van der Waals surface area (Å²) in [5.41, 5.74) is 0.896. The van der Waals surface area contributed by atoms with Gasteiger partial charge in [-0.1, -0.05) is 66.7 Å². The molecule has 3 heteroatoms. The number of hydrogen-bond donors (Lipinski definition) is 0. The Bertz CT molecular complexity index is 864. The fourth-order valence-corrected chi connectivity index (χ4v) is 3.42. The third-order valence-corrected chi connectivity index (χ3v) is 4.74. The van der Waals surface area contributed by atoms with Gasteiger partial charge in [0.15, 0.2) is 0 Å². The Labute approximate surface area is 147 Å². The molecule has 1 aliphatic rings. The Hall–Kier alpha value is -2.81. The Morgan fingerprint density at radius 2 is 1.52 bits per heavy atom. The number of fused-ring (bicyclic) bond motifs is 1. The number of amides is 1. The van der Waals surface area contributed by atoms with Gasteiger partial charge in [0.05, 0.1) is 0 Å². The molecule has 1 heterocycles. The molecule has 0 radical (unpaired) electrons. The first-order chi connectivity index (χ1) is 12.3. The van der Waals surface area contributed by atoms with Crippen LogP contribution in [0.2, 0.25) is 0 Å². The molecule has 1 aliphatic heterocycles. The Kier molecular flexibility index (Phi) is 4.38. The highest BCUT2D eigenvalue weighted by atomic mass is 16.5. The minimum absolute atomic E-state index is 0.0524. The minimum Gasteiger partial charge on any atom is -0.475 e. The molecule has 1 unspecified atom stereocenters. The molecule has 4 rings (SSSR count). The molecule has 0 N–H and O–H groups in total. The molecule has 3 aromatic carbocycles. The highest BCUT2D eigenvalue weighted by molar-refractivity contribution is 5.89. The van der Waals surface area contributed by atoms with E-state index < -0.39 is 6.10 Å². The third kappa shape index (κ3) is 3.22. The molecule has 1 atom stereocenters. The summed E-state index contributed by atoms with van der Waals surface area (Å²) in [5, 5.41) is 2.14. The molecular formula is C22H21NO2. The van der Waals surface area contributed by atoms with Gasteiger partial charge in [0.1, 0.15) is 5.75 Å². The summed E-state index contributed by atoms with van der Waals surface area (Å²) in [7, 11) is 0. The maximum Gasteiger partial charge on any atom is 0.268 e. The van der Waals surface area contributed by atoms with E-state index in [2.05, 4.69) is 12.1 Å². The van der Waals surface area contributed by atoms with Crippen molar-refractivity contribution in [2.45, 2.75) is 18.9 Å². The van der Waals surface area contributed by atoms with Gasteiger partial charge >= 0.3 is 0 Å². The fraction of sp³-hybridized carbons (Fsp3) is 0.227.